The summed E-state index contributed by atoms with van der Waals surface area (Å²) in [5, 5.41) is 3.08. The highest BCUT2D eigenvalue weighted by Crippen LogP contribution is 2.26. The standard InChI is InChI=1S/C26H29NO3/c1-6-20-9-7-8-18(3)25(20)27-26(28)21-11-13-24(29-5)22(15-21)16-30-23-12-10-17(2)19(4)14-23/h7-15H,6,16H2,1-5H3,(H,27,28). The van der Waals surface area contributed by atoms with E-state index in [1.165, 1.54) is 11.1 Å². The average molecular weight is 404 g/mol. The summed E-state index contributed by atoms with van der Waals surface area (Å²) in [5.41, 5.74) is 6.85. The van der Waals surface area contributed by atoms with Gasteiger partial charge in [0.1, 0.15) is 18.1 Å². The Hall–Kier alpha value is -3.27. The van der Waals surface area contributed by atoms with E-state index in [0.29, 0.717) is 17.9 Å². The van der Waals surface area contributed by atoms with Crippen LogP contribution in [0, 0.1) is 20.8 Å². The summed E-state index contributed by atoms with van der Waals surface area (Å²) >= 11 is 0. The van der Waals surface area contributed by atoms with Gasteiger partial charge < -0.3 is 14.8 Å². The molecule has 3 rings (SSSR count). The molecule has 0 aromatic heterocycles. The number of nitrogens with one attached hydrogen (secondary N) is 1. The van der Waals surface area contributed by atoms with E-state index in [2.05, 4.69) is 26.1 Å². The highest BCUT2D eigenvalue weighted by Gasteiger charge is 2.14. The number of carbonyl (C=O) groups excluding carboxylic acids is 1. The molecule has 0 aliphatic carbocycles. The van der Waals surface area contributed by atoms with Gasteiger partial charge in [-0.25, -0.2) is 0 Å². The van der Waals surface area contributed by atoms with E-state index in [4.69, 9.17) is 9.47 Å². The first kappa shape index (κ1) is 21.4. The molecule has 4 nitrogen and oxygen atoms in total. The van der Waals surface area contributed by atoms with E-state index in [1.807, 2.05) is 55.5 Å². The lowest BCUT2D eigenvalue weighted by atomic mass is 10.0. The molecule has 0 spiro atoms. The van der Waals surface area contributed by atoms with Crippen molar-refractivity contribution in [3.8, 4) is 11.5 Å². The molecule has 3 aromatic rings. The quantitative estimate of drug-likeness (QED) is 0.525. The molecule has 0 unspecified atom stereocenters. The second-order valence-electron chi connectivity index (χ2n) is 7.48. The zero-order valence-corrected chi connectivity index (χ0v) is 18.3. The predicted molar refractivity (Wildman–Crippen MR) is 122 cm³/mol. The maximum atomic E-state index is 12.9. The first-order valence-corrected chi connectivity index (χ1v) is 10.2. The molecule has 4 heteroatoms. The van der Waals surface area contributed by atoms with Crippen molar-refractivity contribution >= 4 is 11.6 Å². The summed E-state index contributed by atoms with van der Waals surface area (Å²) in [5.74, 6) is 1.34. The van der Waals surface area contributed by atoms with Crippen molar-refractivity contribution in [2.45, 2.75) is 40.7 Å². The average Bonchev–Trinajstić information content (AvgIpc) is 2.75. The predicted octanol–water partition coefficient (Wildman–Crippen LogP) is 6.01. The van der Waals surface area contributed by atoms with Crippen molar-refractivity contribution in [3.05, 3.63) is 88.0 Å². The van der Waals surface area contributed by atoms with Crippen LogP contribution in [0.2, 0.25) is 0 Å². The fraction of sp³-hybridized carbons (Fsp3) is 0.269. The van der Waals surface area contributed by atoms with Crippen molar-refractivity contribution in [1.82, 2.24) is 0 Å². The molecule has 0 fully saturated rings. The number of para-hydroxylation sites is 1. The third kappa shape index (κ3) is 4.82. The van der Waals surface area contributed by atoms with Crippen LogP contribution in [0.1, 0.15) is 45.1 Å². The van der Waals surface area contributed by atoms with E-state index in [0.717, 1.165) is 34.5 Å². The van der Waals surface area contributed by atoms with Gasteiger partial charge in [-0.05, 0) is 79.8 Å². The van der Waals surface area contributed by atoms with Crippen LogP contribution in [0.4, 0.5) is 5.69 Å². The minimum absolute atomic E-state index is 0.144. The summed E-state index contributed by atoms with van der Waals surface area (Å²) in [6.07, 6.45) is 0.856. The second kappa shape index (κ2) is 9.49. The zero-order valence-electron chi connectivity index (χ0n) is 18.3. The van der Waals surface area contributed by atoms with Crippen LogP contribution in [-0.4, -0.2) is 13.0 Å². The molecule has 1 amide bonds. The number of carbonyl (C=O) groups is 1. The number of anilines is 1. The van der Waals surface area contributed by atoms with E-state index < -0.39 is 0 Å². The first-order chi connectivity index (χ1) is 14.4. The Morgan fingerprint density at radius 1 is 0.900 bits per heavy atom. The van der Waals surface area contributed by atoms with Gasteiger partial charge in [0.25, 0.3) is 5.91 Å². The van der Waals surface area contributed by atoms with Crippen molar-refractivity contribution in [3.63, 3.8) is 0 Å². The smallest absolute Gasteiger partial charge is 0.255 e. The van der Waals surface area contributed by atoms with Crippen molar-refractivity contribution < 1.29 is 14.3 Å². The monoisotopic (exact) mass is 403 g/mol. The molecule has 0 aliphatic heterocycles. The van der Waals surface area contributed by atoms with Gasteiger partial charge in [-0.2, -0.15) is 0 Å². The molecule has 1 N–H and O–H groups in total. The van der Waals surface area contributed by atoms with Crippen LogP contribution in [0.25, 0.3) is 0 Å². The maximum absolute atomic E-state index is 12.9. The molecule has 3 aromatic carbocycles. The van der Waals surface area contributed by atoms with Crippen molar-refractivity contribution in [1.29, 1.82) is 0 Å². The molecular weight excluding hydrogens is 374 g/mol. The van der Waals surface area contributed by atoms with Crippen LogP contribution in [0.15, 0.2) is 54.6 Å². The number of hydrogen-bond donors (Lipinski definition) is 1. The van der Waals surface area contributed by atoms with Crippen LogP contribution in [-0.2, 0) is 13.0 Å². The van der Waals surface area contributed by atoms with E-state index in [-0.39, 0.29) is 5.91 Å². The Bertz CT molecular complexity index is 1060. The van der Waals surface area contributed by atoms with Gasteiger partial charge in [0.2, 0.25) is 0 Å². The highest BCUT2D eigenvalue weighted by atomic mass is 16.5. The van der Waals surface area contributed by atoms with Crippen molar-refractivity contribution in [2.24, 2.45) is 0 Å². The Morgan fingerprint density at radius 3 is 2.40 bits per heavy atom. The number of amides is 1. The maximum Gasteiger partial charge on any atom is 0.255 e. The SMILES string of the molecule is CCc1cccc(C)c1NC(=O)c1ccc(OC)c(COc2ccc(C)c(C)c2)c1. The van der Waals surface area contributed by atoms with Crippen LogP contribution >= 0.6 is 0 Å². The number of ether oxygens (including phenoxy) is 2. The number of benzene rings is 3. The molecule has 0 bridgehead atoms. The van der Waals surface area contributed by atoms with Gasteiger partial charge >= 0.3 is 0 Å². The molecule has 156 valence electrons. The number of methoxy groups -OCH3 is 1. The van der Waals surface area contributed by atoms with Crippen molar-refractivity contribution in [2.75, 3.05) is 12.4 Å². The Kier molecular flexibility index (Phi) is 6.78. The number of rotatable bonds is 7. The van der Waals surface area contributed by atoms with Gasteiger partial charge in [0.05, 0.1) is 7.11 Å². The zero-order chi connectivity index (χ0) is 21.7. The molecule has 0 aliphatic rings. The lowest BCUT2D eigenvalue weighted by Crippen LogP contribution is -2.15. The van der Waals surface area contributed by atoms with E-state index >= 15 is 0 Å². The summed E-state index contributed by atoms with van der Waals surface area (Å²) in [6, 6.07) is 17.5. The molecule has 0 heterocycles. The Labute approximate surface area is 178 Å². The van der Waals surface area contributed by atoms with E-state index in [1.54, 1.807) is 13.2 Å². The number of aryl methyl sites for hydroxylation is 4. The van der Waals surface area contributed by atoms with Crippen LogP contribution < -0.4 is 14.8 Å². The van der Waals surface area contributed by atoms with E-state index in [9.17, 15) is 4.79 Å². The van der Waals surface area contributed by atoms with Gasteiger partial charge in [-0.15, -0.1) is 0 Å². The molecule has 0 atom stereocenters. The molecule has 0 radical (unpaired) electrons. The molecule has 30 heavy (non-hydrogen) atoms. The third-order valence-corrected chi connectivity index (χ3v) is 5.39. The topological polar surface area (TPSA) is 47.6 Å². The largest absolute Gasteiger partial charge is 0.496 e. The summed E-state index contributed by atoms with van der Waals surface area (Å²) in [6.45, 7) is 8.54. The second-order valence-corrected chi connectivity index (χ2v) is 7.48. The Balaban J connectivity index is 1.81. The summed E-state index contributed by atoms with van der Waals surface area (Å²) in [4.78, 5) is 12.9. The normalized spacial score (nSPS) is 10.6. The molecule has 0 saturated heterocycles. The highest BCUT2D eigenvalue weighted by molar-refractivity contribution is 6.05. The summed E-state index contributed by atoms with van der Waals surface area (Å²) in [7, 11) is 1.62. The van der Waals surface area contributed by atoms with Crippen LogP contribution in [0.3, 0.4) is 0 Å². The fourth-order valence-electron chi connectivity index (χ4n) is 3.39. The Morgan fingerprint density at radius 2 is 1.70 bits per heavy atom. The third-order valence-electron chi connectivity index (χ3n) is 5.39. The minimum atomic E-state index is -0.144. The van der Waals surface area contributed by atoms with Gasteiger partial charge in [-0.3, -0.25) is 4.79 Å². The molecule has 0 saturated carbocycles. The molecular formula is C26H29NO3. The lowest BCUT2D eigenvalue weighted by Gasteiger charge is -2.15. The van der Waals surface area contributed by atoms with Gasteiger partial charge in [-0.1, -0.05) is 31.2 Å². The summed E-state index contributed by atoms with van der Waals surface area (Å²) < 4.78 is 11.4. The lowest BCUT2D eigenvalue weighted by molar-refractivity contribution is 0.102. The van der Waals surface area contributed by atoms with Gasteiger partial charge in [0, 0.05) is 16.8 Å². The first-order valence-electron chi connectivity index (χ1n) is 10.2. The van der Waals surface area contributed by atoms with Crippen LogP contribution in [0.5, 0.6) is 11.5 Å². The fourth-order valence-corrected chi connectivity index (χ4v) is 3.39. The number of hydrogen-bond acceptors (Lipinski definition) is 3. The minimum Gasteiger partial charge on any atom is -0.496 e. The van der Waals surface area contributed by atoms with Gasteiger partial charge in [0.15, 0.2) is 0 Å².